The molecule has 3 heteroatoms. The van der Waals surface area contributed by atoms with Gasteiger partial charge in [0.25, 0.3) is 0 Å². The summed E-state index contributed by atoms with van der Waals surface area (Å²) in [6, 6.07) is 0. The Morgan fingerprint density at radius 2 is 1.40 bits per heavy atom. The van der Waals surface area contributed by atoms with Gasteiger partial charge in [0.2, 0.25) is 0 Å². The highest BCUT2D eigenvalue weighted by molar-refractivity contribution is 4.59. The standard InChI is InChI=1S/C12H26O3/c1-11(14)10-12(15)8-6-4-2-3-5-7-9-13/h11-15H,2-10H2,1H3. The van der Waals surface area contributed by atoms with E-state index < -0.39 is 6.10 Å². The minimum Gasteiger partial charge on any atom is -0.396 e. The highest BCUT2D eigenvalue weighted by atomic mass is 16.3. The van der Waals surface area contributed by atoms with Crippen molar-refractivity contribution in [3.05, 3.63) is 0 Å². The minimum atomic E-state index is -0.399. The van der Waals surface area contributed by atoms with Crippen molar-refractivity contribution in [3.63, 3.8) is 0 Å². The smallest absolute Gasteiger partial charge is 0.0564 e. The molecule has 2 unspecified atom stereocenters. The first-order chi connectivity index (χ1) is 7.16. The molecular formula is C12H26O3. The predicted octanol–water partition coefficient (Wildman–Crippen LogP) is 1.84. The monoisotopic (exact) mass is 218 g/mol. The highest BCUT2D eigenvalue weighted by Crippen LogP contribution is 2.11. The van der Waals surface area contributed by atoms with Crippen LogP contribution >= 0.6 is 0 Å². The molecule has 0 aliphatic heterocycles. The molecule has 3 nitrogen and oxygen atoms in total. The van der Waals surface area contributed by atoms with Crippen LogP contribution in [0.3, 0.4) is 0 Å². The van der Waals surface area contributed by atoms with Crippen LogP contribution in [0.15, 0.2) is 0 Å². The van der Waals surface area contributed by atoms with Gasteiger partial charge >= 0.3 is 0 Å². The molecule has 0 radical (unpaired) electrons. The molecular weight excluding hydrogens is 192 g/mol. The minimum absolute atomic E-state index is 0.299. The SMILES string of the molecule is CC(O)CC(O)CCCCCCCCO. The van der Waals surface area contributed by atoms with Crippen molar-refractivity contribution in [2.45, 2.75) is 70.5 Å². The summed E-state index contributed by atoms with van der Waals surface area (Å²) in [7, 11) is 0. The lowest BCUT2D eigenvalue weighted by molar-refractivity contribution is 0.0834. The molecule has 0 amide bonds. The second kappa shape index (κ2) is 10.4. The number of rotatable bonds is 10. The van der Waals surface area contributed by atoms with Crippen LogP contribution in [0, 0.1) is 0 Å². The summed E-state index contributed by atoms with van der Waals surface area (Å²) in [6.45, 7) is 2.01. The summed E-state index contributed by atoms with van der Waals surface area (Å²) in [4.78, 5) is 0. The summed E-state index contributed by atoms with van der Waals surface area (Å²) in [5.41, 5.74) is 0. The molecule has 0 fully saturated rings. The molecule has 0 saturated heterocycles. The average molecular weight is 218 g/mol. The first-order valence-corrected chi connectivity index (χ1v) is 6.13. The van der Waals surface area contributed by atoms with Crippen LogP contribution in [0.4, 0.5) is 0 Å². The Bertz CT molecular complexity index is 126. The Kier molecular flexibility index (Phi) is 10.3. The molecule has 0 saturated carbocycles. The van der Waals surface area contributed by atoms with Crippen molar-refractivity contribution in [2.75, 3.05) is 6.61 Å². The molecule has 92 valence electrons. The molecule has 0 aromatic rings. The summed E-state index contributed by atoms with van der Waals surface area (Å²) < 4.78 is 0. The quantitative estimate of drug-likeness (QED) is 0.490. The van der Waals surface area contributed by atoms with Crippen LogP contribution in [0.2, 0.25) is 0 Å². The molecule has 0 aromatic heterocycles. The largest absolute Gasteiger partial charge is 0.396 e. The van der Waals surface area contributed by atoms with Gasteiger partial charge in [0, 0.05) is 6.61 Å². The van der Waals surface area contributed by atoms with Crippen LogP contribution in [-0.2, 0) is 0 Å². The number of unbranched alkanes of at least 4 members (excludes halogenated alkanes) is 5. The molecule has 3 N–H and O–H groups in total. The van der Waals surface area contributed by atoms with Gasteiger partial charge in [-0.3, -0.25) is 0 Å². The van der Waals surface area contributed by atoms with Gasteiger partial charge in [-0.2, -0.15) is 0 Å². The Morgan fingerprint density at radius 1 is 0.867 bits per heavy atom. The fraction of sp³-hybridized carbons (Fsp3) is 1.00. The van der Waals surface area contributed by atoms with E-state index in [4.69, 9.17) is 10.2 Å². The second-order valence-corrected chi connectivity index (χ2v) is 4.37. The van der Waals surface area contributed by atoms with Gasteiger partial charge < -0.3 is 15.3 Å². The maximum Gasteiger partial charge on any atom is 0.0564 e. The van der Waals surface area contributed by atoms with Crippen LogP contribution in [-0.4, -0.2) is 34.1 Å². The van der Waals surface area contributed by atoms with E-state index in [-0.39, 0.29) is 6.10 Å². The zero-order chi connectivity index (χ0) is 11.5. The van der Waals surface area contributed by atoms with E-state index >= 15 is 0 Å². The number of aliphatic hydroxyl groups is 3. The highest BCUT2D eigenvalue weighted by Gasteiger charge is 2.06. The lowest BCUT2D eigenvalue weighted by atomic mass is 10.0. The maximum atomic E-state index is 9.47. The number of hydrogen-bond donors (Lipinski definition) is 3. The summed E-state index contributed by atoms with van der Waals surface area (Å²) >= 11 is 0. The number of hydrogen-bond acceptors (Lipinski definition) is 3. The summed E-state index contributed by atoms with van der Waals surface area (Å²) in [5.74, 6) is 0. The topological polar surface area (TPSA) is 60.7 Å². The van der Waals surface area contributed by atoms with E-state index in [0.717, 1.165) is 32.1 Å². The van der Waals surface area contributed by atoms with E-state index in [9.17, 15) is 5.11 Å². The molecule has 0 aliphatic carbocycles. The zero-order valence-corrected chi connectivity index (χ0v) is 9.86. The van der Waals surface area contributed by atoms with Crippen LogP contribution in [0.5, 0.6) is 0 Å². The van der Waals surface area contributed by atoms with Crippen molar-refractivity contribution in [2.24, 2.45) is 0 Å². The zero-order valence-electron chi connectivity index (χ0n) is 9.86. The average Bonchev–Trinajstić information content (AvgIpc) is 2.15. The number of aliphatic hydroxyl groups excluding tert-OH is 3. The fourth-order valence-corrected chi connectivity index (χ4v) is 1.71. The lowest BCUT2D eigenvalue weighted by Gasteiger charge is -2.11. The third-order valence-corrected chi connectivity index (χ3v) is 2.56. The summed E-state index contributed by atoms with van der Waals surface area (Å²) in [6.07, 6.45) is 7.09. The Balaban J connectivity index is 3.09. The van der Waals surface area contributed by atoms with Gasteiger partial charge in [0.15, 0.2) is 0 Å². The van der Waals surface area contributed by atoms with Gasteiger partial charge in [-0.15, -0.1) is 0 Å². The van der Waals surface area contributed by atoms with Crippen molar-refractivity contribution < 1.29 is 15.3 Å². The molecule has 0 rings (SSSR count). The van der Waals surface area contributed by atoms with Gasteiger partial charge in [-0.05, 0) is 26.2 Å². The third kappa shape index (κ3) is 11.8. The maximum absolute atomic E-state index is 9.47. The van der Waals surface area contributed by atoms with Crippen molar-refractivity contribution in [3.8, 4) is 0 Å². The molecule has 0 aliphatic rings. The van der Waals surface area contributed by atoms with E-state index in [1.54, 1.807) is 6.92 Å². The first kappa shape index (κ1) is 14.9. The summed E-state index contributed by atoms with van der Waals surface area (Å²) in [5, 5.41) is 27.1. The van der Waals surface area contributed by atoms with E-state index in [2.05, 4.69) is 0 Å². The molecule has 0 spiro atoms. The predicted molar refractivity (Wildman–Crippen MR) is 61.7 cm³/mol. The van der Waals surface area contributed by atoms with Crippen molar-refractivity contribution >= 4 is 0 Å². The molecule has 0 aromatic carbocycles. The molecule has 2 atom stereocenters. The molecule has 0 bridgehead atoms. The van der Waals surface area contributed by atoms with Gasteiger partial charge in [0.05, 0.1) is 12.2 Å². The van der Waals surface area contributed by atoms with Crippen LogP contribution in [0.1, 0.15) is 58.3 Å². The van der Waals surface area contributed by atoms with E-state index in [1.807, 2.05) is 0 Å². The third-order valence-electron chi connectivity index (χ3n) is 2.56. The fourth-order valence-electron chi connectivity index (χ4n) is 1.71. The first-order valence-electron chi connectivity index (χ1n) is 6.13. The Labute approximate surface area is 93.1 Å². The van der Waals surface area contributed by atoms with Crippen LogP contribution < -0.4 is 0 Å². The molecule has 15 heavy (non-hydrogen) atoms. The van der Waals surface area contributed by atoms with E-state index in [1.165, 1.54) is 12.8 Å². The van der Waals surface area contributed by atoms with Gasteiger partial charge in [-0.25, -0.2) is 0 Å². The molecule has 0 heterocycles. The van der Waals surface area contributed by atoms with Gasteiger partial charge in [0.1, 0.15) is 0 Å². The van der Waals surface area contributed by atoms with Crippen molar-refractivity contribution in [1.29, 1.82) is 0 Å². The van der Waals surface area contributed by atoms with Crippen molar-refractivity contribution in [1.82, 2.24) is 0 Å². The second-order valence-electron chi connectivity index (χ2n) is 4.37. The van der Waals surface area contributed by atoms with Crippen LogP contribution in [0.25, 0.3) is 0 Å². The normalized spacial score (nSPS) is 15.2. The Hall–Kier alpha value is -0.120. The van der Waals surface area contributed by atoms with E-state index in [0.29, 0.717) is 13.0 Å². The van der Waals surface area contributed by atoms with Gasteiger partial charge in [-0.1, -0.05) is 32.1 Å². The lowest BCUT2D eigenvalue weighted by Crippen LogP contribution is -2.14. The Morgan fingerprint density at radius 3 is 1.93 bits per heavy atom.